The largest absolute Gasteiger partial charge is 0.356 e. The maximum atomic E-state index is 12.4. The van der Waals surface area contributed by atoms with E-state index < -0.39 is 0 Å². The lowest BCUT2D eigenvalue weighted by Gasteiger charge is -2.24. The van der Waals surface area contributed by atoms with Gasteiger partial charge >= 0.3 is 0 Å². The molecule has 1 atom stereocenters. The Bertz CT molecular complexity index is 718. The van der Waals surface area contributed by atoms with Crippen LogP contribution in [0.2, 0.25) is 0 Å². The van der Waals surface area contributed by atoms with Gasteiger partial charge in [-0.1, -0.05) is 0 Å². The van der Waals surface area contributed by atoms with E-state index in [2.05, 4.69) is 25.2 Å². The van der Waals surface area contributed by atoms with Gasteiger partial charge in [0.2, 0.25) is 5.91 Å². The van der Waals surface area contributed by atoms with Crippen LogP contribution >= 0.6 is 11.3 Å². The van der Waals surface area contributed by atoms with Crippen LogP contribution < -0.4 is 4.90 Å². The van der Waals surface area contributed by atoms with Crippen molar-refractivity contribution >= 4 is 23.1 Å². The molecule has 2 fully saturated rings. The van der Waals surface area contributed by atoms with Crippen molar-refractivity contribution < 1.29 is 4.79 Å². The summed E-state index contributed by atoms with van der Waals surface area (Å²) in [5, 5.41) is 3.10. The van der Waals surface area contributed by atoms with Crippen LogP contribution in [0, 0.1) is 12.3 Å². The normalized spacial score (nSPS) is 24.1. The predicted molar refractivity (Wildman–Crippen MR) is 88.2 cm³/mol. The van der Waals surface area contributed by atoms with Gasteiger partial charge in [-0.2, -0.15) is 0 Å². The topological polar surface area (TPSA) is 62.2 Å². The first-order chi connectivity index (χ1) is 11.1. The molecular weight excluding hydrogens is 310 g/mol. The Labute approximate surface area is 139 Å². The Morgan fingerprint density at radius 1 is 1.39 bits per heavy atom. The Morgan fingerprint density at radius 3 is 3.04 bits per heavy atom. The SMILES string of the molecule is Cc1nc(CN2C[C@]3(CCN(c4ccncn4)C3)CC2=O)cs1. The van der Waals surface area contributed by atoms with Gasteiger partial charge in [0.25, 0.3) is 0 Å². The number of hydrogen-bond acceptors (Lipinski definition) is 6. The van der Waals surface area contributed by atoms with E-state index in [0.29, 0.717) is 13.0 Å². The highest BCUT2D eigenvalue weighted by atomic mass is 32.1. The summed E-state index contributed by atoms with van der Waals surface area (Å²) in [4.78, 5) is 29.5. The lowest BCUT2D eigenvalue weighted by Crippen LogP contribution is -2.31. The van der Waals surface area contributed by atoms with Crippen LogP contribution in [-0.4, -0.2) is 45.4 Å². The van der Waals surface area contributed by atoms with Gasteiger partial charge in [0.15, 0.2) is 0 Å². The molecule has 7 heteroatoms. The molecule has 2 aromatic rings. The minimum Gasteiger partial charge on any atom is -0.356 e. The number of anilines is 1. The Balaban J connectivity index is 1.46. The summed E-state index contributed by atoms with van der Waals surface area (Å²) in [7, 11) is 0. The molecule has 6 nitrogen and oxygen atoms in total. The molecule has 0 saturated carbocycles. The fourth-order valence-electron chi connectivity index (χ4n) is 3.68. The summed E-state index contributed by atoms with van der Waals surface area (Å²) in [6, 6.07) is 1.94. The fourth-order valence-corrected chi connectivity index (χ4v) is 4.28. The molecule has 0 bridgehead atoms. The van der Waals surface area contributed by atoms with Gasteiger partial charge in [0, 0.05) is 43.0 Å². The molecule has 0 aliphatic carbocycles. The lowest BCUT2D eigenvalue weighted by atomic mass is 9.86. The zero-order valence-corrected chi connectivity index (χ0v) is 13.9. The molecule has 4 rings (SSSR count). The molecule has 0 N–H and O–H groups in total. The van der Waals surface area contributed by atoms with Crippen LogP contribution in [0.4, 0.5) is 5.82 Å². The summed E-state index contributed by atoms with van der Waals surface area (Å²) >= 11 is 1.64. The quantitative estimate of drug-likeness (QED) is 0.860. The number of carbonyl (C=O) groups excluding carboxylic acids is 1. The second-order valence-corrected chi connectivity index (χ2v) is 7.59. The van der Waals surface area contributed by atoms with Crippen molar-refractivity contribution in [2.45, 2.75) is 26.3 Å². The van der Waals surface area contributed by atoms with Gasteiger partial charge in [-0.05, 0) is 19.4 Å². The molecule has 1 amide bonds. The lowest BCUT2D eigenvalue weighted by molar-refractivity contribution is -0.128. The number of aryl methyl sites for hydroxylation is 1. The van der Waals surface area contributed by atoms with Crippen LogP contribution in [0.25, 0.3) is 0 Å². The molecular formula is C16H19N5OS. The summed E-state index contributed by atoms with van der Waals surface area (Å²) < 4.78 is 0. The average Bonchev–Trinajstić information content (AvgIpc) is 3.22. The zero-order valence-electron chi connectivity index (χ0n) is 13.1. The summed E-state index contributed by atoms with van der Waals surface area (Å²) in [6.45, 7) is 5.30. The molecule has 2 saturated heterocycles. The van der Waals surface area contributed by atoms with Crippen molar-refractivity contribution in [2.24, 2.45) is 5.41 Å². The van der Waals surface area contributed by atoms with E-state index in [4.69, 9.17) is 0 Å². The number of thiazole rings is 1. The highest BCUT2D eigenvalue weighted by Gasteiger charge is 2.47. The van der Waals surface area contributed by atoms with E-state index >= 15 is 0 Å². The predicted octanol–water partition coefficient (Wildman–Crippen LogP) is 1.87. The first-order valence-corrected chi connectivity index (χ1v) is 8.71. The van der Waals surface area contributed by atoms with Crippen molar-refractivity contribution in [3.63, 3.8) is 0 Å². The summed E-state index contributed by atoms with van der Waals surface area (Å²) in [5.74, 6) is 1.21. The number of rotatable bonds is 3. The maximum Gasteiger partial charge on any atom is 0.223 e. The average molecular weight is 329 g/mol. The molecule has 4 heterocycles. The minimum absolute atomic E-state index is 0.0626. The Kier molecular flexibility index (Phi) is 3.52. The highest BCUT2D eigenvalue weighted by molar-refractivity contribution is 7.09. The van der Waals surface area contributed by atoms with E-state index in [9.17, 15) is 4.79 Å². The summed E-state index contributed by atoms with van der Waals surface area (Å²) in [5.41, 5.74) is 1.07. The number of amides is 1. The molecule has 2 aromatic heterocycles. The van der Waals surface area contributed by atoms with Crippen molar-refractivity contribution in [1.29, 1.82) is 0 Å². The number of aromatic nitrogens is 3. The standard InChI is InChI=1S/C16H19N5OS/c1-12-19-13(8-23-12)7-21-10-16(6-15(21)22)3-5-20(9-16)14-2-4-17-11-18-14/h2,4,8,11H,3,5-7,9-10H2,1H3/t16-/m1/s1. The number of hydrogen-bond donors (Lipinski definition) is 0. The second-order valence-electron chi connectivity index (χ2n) is 6.52. The van der Waals surface area contributed by atoms with Crippen LogP contribution in [0.15, 0.2) is 24.0 Å². The van der Waals surface area contributed by atoms with Gasteiger partial charge < -0.3 is 9.80 Å². The number of likely N-dealkylation sites (tertiary alicyclic amines) is 1. The second kappa shape index (κ2) is 5.56. The van der Waals surface area contributed by atoms with E-state index in [1.165, 1.54) is 0 Å². The number of nitrogens with zero attached hydrogens (tertiary/aromatic N) is 5. The van der Waals surface area contributed by atoms with Gasteiger partial charge in [-0.15, -0.1) is 11.3 Å². The van der Waals surface area contributed by atoms with Crippen molar-refractivity contribution in [3.05, 3.63) is 34.7 Å². The smallest absolute Gasteiger partial charge is 0.223 e. The van der Waals surface area contributed by atoms with Crippen LogP contribution in [0.1, 0.15) is 23.5 Å². The third kappa shape index (κ3) is 2.81. The minimum atomic E-state index is 0.0626. The van der Waals surface area contributed by atoms with Crippen LogP contribution in [-0.2, 0) is 11.3 Å². The van der Waals surface area contributed by atoms with Gasteiger partial charge in [0.05, 0.1) is 17.2 Å². The van der Waals surface area contributed by atoms with Crippen molar-refractivity contribution in [1.82, 2.24) is 19.9 Å². The molecule has 0 aromatic carbocycles. The highest BCUT2D eigenvalue weighted by Crippen LogP contribution is 2.41. The first-order valence-electron chi connectivity index (χ1n) is 7.83. The molecule has 1 spiro atoms. The first kappa shape index (κ1) is 14.6. The zero-order chi connectivity index (χ0) is 15.9. The molecule has 2 aliphatic rings. The van der Waals surface area contributed by atoms with E-state index in [1.807, 2.05) is 17.9 Å². The molecule has 120 valence electrons. The fraction of sp³-hybridized carbons (Fsp3) is 0.500. The third-order valence-electron chi connectivity index (χ3n) is 4.75. The van der Waals surface area contributed by atoms with E-state index in [0.717, 1.165) is 42.6 Å². The van der Waals surface area contributed by atoms with E-state index in [1.54, 1.807) is 23.9 Å². The van der Waals surface area contributed by atoms with Crippen molar-refractivity contribution in [2.75, 3.05) is 24.5 Å². The van der Waals surface area contributed by atoms with Crippen LogP contribution in [0.3, 0.4) is 0 Å². The molecule has 0 unspecified atom stereocenters. The van der Waals surface area contributed by atoms with Gasteiger partial charge in [-0.25, -0.2) is 15.0 Å². The Morgan fingerprint density at radius 2 is 2.30 bits per heavy atom. The number of carbonyl (C=O) groups is 1. The van der Waals surface area contributed by atoms with Crippen molar-refractivity contribution in [3.8, 4) is 0 Å². The molecule has 0 radical (unpaired) electrons. The molecule has 23 heavy (non-hydrogen) atoms. The maximum absolute atomic E-state index is 12.4. The van der Waals surface area contributed by atoms with E-state index in [-0.39, 0.29) is 11.3 Å². The Hall–Kier alpha value is -2.02. The molecule has 2 aliphatic heterocycles. The third-order valence-corrected chi connectivity index (χ3v) is 5.58. The van der Waals surface area contributed by atoms with Gasteiger partial charge in [-0.3, -0.25) is 4.79 Å². The summed E-state index contributed by atoms with van der Waals surface area (Å²) in [6.07, 6.45) is 5.02. The monoisotopic (exact) mass is 329 g/mol. The van der Waals surface area contributed by atoms with Gasteiger partial charge in [0.1, 0.15) is 12.1 Å². The van der Waals surface area contributed by atoms with Crippen LogP contribution in [0.5, 0.6) is 0 Å².